The number of amides is 1. The van der Waals surface area contributed by atoms with Crippen LogP contribution in [-0.4, -0.2) is 25.8 Å². The first-order valence-corrected chi connectivity index (χ1v) is 10.1. The zero-order valence-electron chi connectivity index (χ0n) is 14.9. The number of methoxy groups -OCH3 is 1. The van der Waals surface area contributed by atoms with Gasteiger partial charge >= 0.3 is 5.91 Å². The molecule has 1 aromatic heterocycles. The number of nitrogens with one attached hydrogen (secondary N) is 1. The van der Waals surface area contributed by atoms with Crippen LogP contribution in [0.5, 0.6) is 11.5 Å². The molecule has 0 spiro atoms. The van der Waals surface area contributed by atoms with Gasteiger partial charge in [0.15, 0.2) is 17.3 Å². The zero-order chi connectivity index (χ0) is 20.3. The van der Waals surface area contributed by atoms with Gasteiger partial charge in [-0.05, 0) is 58.7 Å². The maximum absolute atomic E-state index is 12.3. The number of rotatable bonds is 6. The maximum Gasteiger partial charge on any atom is 0.307 e. The van der Waals surface area contributed by atoms with Crippen molar-refractivity contribution in [1.29, 1.82) is 0 Å². The summed E-state index contributed by atoms with van der Waals surface area (Å²) in [4.78, 5) is 12.3. The second-order valence-electron chi connectivity index (χ2n) is 5.58. The summed E-state index contributed by atoms with van der Waals surface area (Å²) in [5, 5.41) is 5.14. The smallest absolute Gasteiger partial charge is 0.307 e. The number of halogens is 3. The summed E-state index contributed by atoms with van der Waals surface area (Å²) < 4.78 is 18.0. The highest BCUT2D eigenvalue weighted by Crippen LogP contribution is 2.36. The highest BCUT2D eigenvalue weighted by Gasteiger charge is 2.14. The zero-order valence-corrected chi connectivity index (χ0v) is 18.8. The molecular weight excluding hydrogens is 515 g/mol. The number of hydrazone groups is 1. The average Bonchev–Trinajstić information content (AvgIpc) is 3.08. The van der Waals surface area contributed by atoms with Crippen molar-refractivity contribution in [3.8, 4) is 11.5 Å². The Hall–Kier alpha value is -2.03. The van der Waals surface area contributed by atoms with Crippen molar-refractivity contribution in [2.75, 3.05) is 13.7 Å². The van der Waals surface area contributed by atoms with Crippen LogP contribution in [0.4, 0.5) is 0 Å². The highest BCUT2D eigenvalue weighted by atomic mass is 79.9. The Bertz CT molecular complexity index is 1070. The van der Waals surface area contributed by atoms with Gasteiger partial charge < -0.3 is 13.9 Å². The molecule has 0 fully saturated rings. The van der Waals surface area contributed by atoms with Crippen molar-refractivity contribution in [3.63, 3.8) is 0 Å². The predicted molar refractivity (Wildman–Crippen MR) is 116 cm³/mol. The molecular formula is C19H15Br2ClN2O4. The van der Waals surface area contributed by atoms with Crippen molar-refractivity contribution < 1.29 is 18.7 Å². The lowest BCUT2D eigenvalue weighted by molar-refractivity contribution is 0.0929. The molecule has 0 saturated carbocycles. The number of nitrogens with zero attached hydrogens (tertiary/aromatic N) is 1. The van der Waals surface area contributed by atoms with Crippen molar-refractivity contribution in [1.82, 2.24) is 5.43 Å². The van der Waals surface area contributed by atoms with Crippen LogP contribution in [0, 0.1) is 0 Å². The summed E-state index contributed by atoms with van der Waals surface area (Å²) in [6.45, 7) is 2.32. The van der Waals surface area contributed by atoms with E-state index in [2.05, 4.69) is 42.4 Å². The lowest BCUT2D eigenvalue weighted by Crippen LogP contribution is -2.16. The third-order valence-electron chi connectivity index (χ3n) is 3.68. The van der Waals surface area contributed by atoms with Gasteiger partial charge in [-0.1, -0.05) is 27.5 Å². The number of carbonyl (C=O) groups excluding carboxylic acids is 1. The molecule has 0 atom stereocenters. The molecule has 146 valence electrons. The van der Waals surface area contributed by atoms with Gasteiger partial charge in [0.05, 0.1) is 29.4 Å². The van der Waals surface area contributed by atoms with Crippen molar-refractivity contribution in [2.24, 2.45) is 5.10 Å². The molecule has 3 aromatic rings. The number of ether oxygens (including phenoxy) is 2. The molecule has 0 bridgehead atoms. The minimum absolute atomic E-state index is 0.147. The Morgan fingerprint density at radius 3 is 2.79 bits per heavy atom. The lowest BCUT2D eigenvalue weighted by Gasteiger charge is -2.11. The number of hydrogen-bond donors (Lipinski definition) is 1. The minimum atomic E-state index is -0.473. The van der Waals surface area contributed by atoms with Gasteiger partial charge in [0.2, 0.25) is 0 Å². The number of hydrogen-bond acceptors (Lipinski definition) is 5. The number of benzene rings is 2. The molecule has 0 aliphatic carbocycles. The summed E-state index contributed by atoms with van der Waals surface area (Å²) in [5.74, 6) is 0.620. The third kappa shape index (κ3) is 4.51. The van der Waals surface area contributed by atoms with Crippen LogP contribution in [0.2, 0.25) is 5.02 Å². The molecule has 0 unspecified atom stereocenters. The highest BCUT2D eigenvalue weighted by molar-refractivity contribution is 9.11. The molecule has 0 aliphatic heterocycles. The fourth-order valence-electron chi connectivity index (χ4n) is 2.51. The largest absolute Gasteiger partial charge is 0.493 e. The molecule has 2 aromatic carbocycles. The first-order chi connectivity index (χ1) is 13.4. The van der Waals surface area contributed by atoms with E-state index in [0.29, 0.717) is 34.3 Å². The van der Waals surface area contributed by atoms with Gasteiger partial charge in [-0.2, -0.15) is 5.10 Å². The van der Waals surface area contributed by atoms with E-state index in [0.717, 1.165) is 14.3 Å². The Morgan fingerprint density at radius 1 is 1.29 bits per heavy atom. The first-order valence-electron chi connectivity index (χ1n) is 8.15. The van der Waals surface area contributed by atoms with E-state index in [4.69, 9.17) is 25.5 Å². The van der Waals surface area contributed by atoms with E-state index in [1.54, 1.807) is 18.2 Å². The normalized spacial score (nSPS) is 11.2. The summed E-state index contributed by atoms with van der Waals surface area (Å²) in [6.07, 6.45) is 1.46. The minimum Gasteiger partial charge on any atom is -0.493 e. The van der Waals surface area contributed by atoms with Crippen molar-refractivity contribution in [2.45, 2.75) is 6.92 Å². The van der Waals surface area contributed by atoms with Crippen LogP contribution >= 0.6 is 43.5 Å². The van der Waals surface area contributed by atoms with Crippen LogP contribution in [-0.2, 0) is 0 Å². The predicted octanol–water partition coefficient (Wildman–Crippen LogP) is 5.78. The lowest BCUT2D eigenvalue weighted by atomic mass is 10.2. The van der Waals surface area contributed by atoms with Crippen LogP contribution in [0.3, 0.4) is 0 Å². The number of furan rings is 1. The molecule has 0 aliphatic rings. The third-order valence-corrected chi connectivity index (χ3v) is 5.01. The molecule has 6 nitrogen and oxygen atoms in total. The van der Waals surface area contributed by atoms with Crippen LogP contribution < -0.4 is 14.9 Å². The van der Waals surface area contributed by atoms with E-state index in [1.807, 2.05) is 19.1 Å². The molecule has 3 rings (SSSR count). The Kier molecular flexibility index (Phi) is 6.64. The van der Waals surface area contributed by atoms with E-state index in [1.165, 1.54) is 13.3 Å². The topological polar surface area (TPSA) is 73.1 Å². The summed E-state index contributed by atoms with van der Waals surface area (Å²) in [6, 6.07) is 8.72. The van der Waals surface area contributed by atoms with E-state index >= 15 is 0 Å². The fourth-order valence-corrected chi connectivity index (χ4v) is 4.12. The van der Waals surface area contributed by atoms with Gasteiger partial charge in [-0.3, -0.25) is 4.79 Å². The molecule has 9 heteroatoms. The van der Waals surface area contributed by atoms with Gasteiger partial charge in [-0.15, -0.1) is 0 Å². The SMILES string of the molecule is CCOc1c(Cl)cc(/C=N\NC(=O)c2cc3cc(Br)cc(Br)c3o2)cc1OC. The molecule has 0 saturated heterocycles. The van der Waals surface area contributed by atoms with E-state index in [-0.39, 0.29) is 5.76 Å². The maximum atomic E-state index is 12.3. The second-order valence-corrected chi connectivity index (χ2v) is 7.76. The average molecular weight is 531 g/mol. The standard InChI is InChI=1S/C19H15Br2ClN2O4/c1-3-27-18-14(22)4-10(5-15(18)26-2)9-23-24-19(25)16-7-11-6-12(20)8-13(21)17(11)28-16/h4-9H,3H2,1-2H3,(H,24,25)/b23-9-. The van der Waals surface area contributed by atoms with Gasteiger partial charge in [0, 0.05) is 9.86 Å². The molecule has 28 heavy (non-hydrogen) atoms. The molecule has 0 radical (unpaired) electrons. The summed E-state index contributed by atoms with van der Waals surface area (Å²) >= 11 is 13.0. The van der Waals surface area contributed by atoms with Crippen molar-refractivity contribution >= 4 is 66.6 Å². The van der Waals surface area contributed by atoms with Crippen molar-refractivity contribution in [3.05, 3.63) is 55.6 Å². The quantitative estimate of drug-likeness (QED) is 0.324. The van der Waals surface area contributed by atoms with Crippen LogP contribution in [0.15, 0.2) is 48.8 Å². The van der Waals surface area contributed by atoms with Gasteiger partial charge in [0.1, 0.15) is 5.58 Å². The first kappa shape index (κ1) is 20.7. The monoisotopic (exact) mass is 528 g/mol. The van der Waals surface area contributed by atoms with E-state index < -0.39 is 5.91 Å². The van der Waals surface area contributed by atoms with Gasteiger partial charge in [0.25, 0.3) is 0 Å². The fraction of sp³-hybridized carbons (Fsp3) is 0.158. The summed E-state index contributed by atoms with van der Waals surface area (Å²) in [5.41, 5.74) is 3.66. The number of carbonyl (C=O) groups is 1. The van der Waals surface area contributed by atoms with Crippen LogP contribution in [0.1, 0.15) is 23.0 Å². The Labute approximate surface area is 183 Å². The number of fused-ring (bicyclic) bond motifs is 1. The second kappa shape index (κ2) is 8.98. The molecule has 1 N–H and O–H groups in total. The Balaban J connectivity index is 1.76. The van der Waals surface area contributed by atoms with Crippen LogP contribution in [0.25, 0.3) is 11.0 Å². The van der Waals surface area contributed by atoms with E-state index in [9.17, 15) is 4.79 Å². The Morgan fingerprint density at radius 2 is 2.07 bits per heavy atom. The van der Waals surface area contributed by atoms with Gasteiger partial charge in [-0.25, -0.2) is 5.43 Å². The summed E-state index contributed by atoms with van der Waals surface area (Å²) in [7, 11) is 1.52. The molecule has 1 heterocycles. The molecule has 1 amide bonds.